The minimum absolute atomic E-state index is 0.0472. The lowest BCUT2D eigenvalue weighted by Gasteiger charge is -2.38. The zero-order valence-corrected chi connectivity index (χ0v) is 12.3. The number of hydrogen-bond donors (Lipinski definition) is 3. The van der Waals surface area contributed by atoms with Crippen LogP contribution in [-0.4, -0.2) is 40.0 Å². The Morgan fingerprint density at radius 2 is 2.00 bits per heavy atom. The number of rotatable bonds is 2. The van der Waals surface area contributed by atoms with E-state index in [-0.39, 0.29) is 22.9 Å². The highest BCUT2D eigenvalue weighted by molar-refractivity contribution is 5.96. The molecule has 0 unspecified atom stereocenters. The maximum atomic E-state index is 12.5. The summed E-state index contributed by atoms with van der Waals surface area (Å²) in [5.41, 5.74) is 6.71. The largest absolute Gasteiger partial charge is 0.508 e. The summed E-state index contributed by atoms with van der Waals surface area (Å²) in [5.74, 6) is 0.326. The SMILES string of the molecule is Cc1cc(O)ccc1C(=O)N1CCC(C)(/C(N)=N/O)CC1. The van der Waals surface area contributed by atoms with Crippen LogP contribution < -0.4 is 5.73 Å². The second kappa shape index (κ2) is 5.63. The number of amides is 1. The first-order chi connectivity index (χ1) is 9.87. The van der Waals surface area contributed by atoms with Crippen LogP contribution in [0.25, 0.3) is 0 Å². The predicted octanol–water partition coefficient (Wildman–Crippen LogP) is 1.69. The average molecular weight is 291 g/mol. The van der Waals surface area contributed by atoms with Crippen molar-refractivity contribution in [1.29, 1.82) is 0 Å². The Kier molecular flexibility index (Phi) is 4.06. The van der Waals surface area contributed by atoms with Gasteiger partial charge in [0, 0.05) is 24.1 Å². The maximum absolute atomic E-state index is 12.5. The van der Waals surface area contributed by atoms with Crippen molar-refractivity contribution < 1.29 is 15.1 Å². The lowest BCUT2D eigenvalue weighted by Crippen LogP contribution is -2.47. The molecule has 0 aromatic heterocycles. The summed E-state index contributed by atoms with van der Waals surface area (Å²) in [6, 6.07) is 4.74. The van der Waals surface area contributed by atoms with Crippen molar-refractivity contribution >= 4 is 11.7 Å². The first-order valence-corrected chi connectivity index (χ1v) is 6.94. The molecule has 21 heavy (non-hydrogen) atoms. The fourth-order valence-electron chi connectivity index (χ4n) is 2.64. The summed E-state index contributed by atoms with van der Waals surface area (Å²) >= 11 is 0. The number of aryl methyl sites for hydroxylation is 1. The van der Waals surface area contributed by atoms with Crippen LogP contribution >= 0.6 is 0 Å². The molecule has 0 saturated carbocycles. The molecule has 1 aromatic rings. The molecule has 4 N–H and O–H groups in total. The second-order valence-corrected chi connectivity index (χ2v) is 5.84. The molecule has 1 heterocycles. The van der Waals surface area contributed by atoms with Crippen LogP contribution in [0, 0.1) is 12.3 Å². The molecule has 0 radical (unpaired) electrons. The molecule has 1 aromatic carbocycles. The third-order valence-electron chi connectivity index (χ3n) is 4.32. The van der Waals surface area contributed by atoms with Gasteiger partial charge in [-0.1, -0.05) is 12.1 Å². The molecular weight excluding hydrogens is 270 g/mol. The van der Waals surface area contributed by atoms with E-state index in [0.717, 1.165) is 5.56 Å². The van der Waals surface area contributed by atoms with Gasteiger partial charge in [0.05, 0.1) is 0 Å². The Labute approximate surface area is 123 Å². The van der Waals surface area contributed by atoms with Crippen molar-refractivity contribution in [2.45, 2.75) is 26.7 Å². The first kappa shape index (κ1) is 15.2. The van der Waals surface area contributed by atoms with E-state index in [1.165, 1.54) is 6.07 Å². The number of amidine groups is 1. The molecule has 0 aliphatic carbocycles. The third-order valence-corrected chi connectivity index (χ3v) is 4.32. The first-order valence-electron chi connectivity index (χ1n) is 6.94. The van der Waals surface area contributed by atoms with Crippen LogP contribution in [0.1, 0.15) is 35.7 Å². The number of piperidine rings is 1. The van der Waals surface area contributed by atoms with E-state index in [4.69, 9.17) is 10.9 Å². The van der Waals surface area contributed by atoms with Gasteiger partial charge in [0.2, 0.25) is 0 Å². The van der Waals surface area contributed by atoms with Crippen molar-refractivity contribution in [3.63, 3.8) is 0 Å². The van der Waals surface area contributed by atoms with Crippen LogP contribution in [0.2, 0.25) is 0 Å². The number of carbonyl (C=O) groups is 1. The standard InChI is InChI=1S/C15H21N3O3/c1-10-9-11(19)3-4-12(10)13(20)18-7-5-15(2,6-8-18)14(16)17-21/h3-4,9,19,21H,5-8H2,1-2H3,(H2,16,17). The smallest absolute Gasteiger partial charge is 0.254 e. The summed E-state index contributed by atoms with van der Waals surface area (Å²) in [6.07, 6.45) is 1.32. The molecule has 114 valence electrons. The molecule has 1 fully saturated rings. The number of phenols is 1. The van der Waals surface area contributed by atoms with Crippen LogP contribution in [-0.2, 0) is 0 Å². The van der Waals surface area contributed by atoms with Gasteiger partial charge in [0.15, 0.2) is 0 Å². The summed E-state index contributed by atoms with van der Waals surface area (Å²) < 4.78 is 0. The van der Waals surface area contributed by atoms with E-state index < -0.39 is 0 Å². The molecule has 0 bridgehead atoms. The van der Waals surface area contributed by atoms with Crippen molar-refractivity contribution in [3.8, 4) is 5.75 Å². The zero-order valence-electron chi connectivity index (χ0n) is 12.3. The van der Waals surface area contributed by atoms with Crippen molar-refractivity contribution in [1.82, 2.24) is 4.90 Å². The van der Waals surface area contributed by atoms with E-state index in [0.29, 0.717) is 31.5 Å². The maximum Gasteiger partial charge on any atom is 0.254 e. The lowest BCUT2D eigenvalue weighted by molar-refractivity contribution is 0.0666. The fraction of sp³-hybridized carbons (Fsp3) is 0.467. The number of aromatic hydroxyl groups is 1. The Bertz CT molecular complexity index is 576. The summed E-state index contributed by atoms with van der Waals surface area (Å²) in [7, 11) is 0. The molecule has 6 heteroatoms. The number of nitrogens with two attached hydrogens (primary N) is 1. The summed E-state index contributed by atoms with van der Waals surface area (Å²) in [6.45, 7) is 4.87. The summed E-state index contributed by atoms with van der Waals surface area (Å²) in [5, 5.41) is 21.3. The van der Waals surface area contributed by atoms with Gasteiger partial charge in [-0.05, 0) is 43.5 Å². The van der Waals surface area contributed by atoms with Gasteiger partial charge >= 0.3 is 0 Å². The number of carbonyl (C=O) groups excluding carboxylic acids is 1. The van der Waals surface area contributed by atoms with Crippen LogP contribution in [0.15, 0.2) is 23.4 Å². The molecule has 0 spiro atoms. The number of hydrogen-bond acceptors (Lipinski definition) is 4. The highest BCUT2D eigenvalue weighted by atomic mass is 16.4. The second-order valence-electron chi connectivity index (χ2n) is 5.84. The number of phenolic OH excluding ortho intramolecular Hbond substituents is 1. The molecule has 1 amide bonds. The fourth-order valence-corrected chi connectivity index (χ4v) is 2.64. The lowest BCUT2D eigenvalue weighted by atomic mass is 9.79. The Balaban J connectivity index is 2.10. The highest BCUT2D eigenvalue weighted by Gasteiger charge is 2.35. The Morgan fingerprint density at radius 1 is 1.38 bits per heavy atom. The van der Waals surface area contributed by atoms with E-state index in [1.807, 2.05) is 6.92 Å². The zero-order chi connectivity index (χ0) is 15.6. The van der Waals surface area contributed by atoms with Crippen molar-refractivity contribution in [2.24, 2.45) is 16.3 Å². The minimum Gasteiger partial charge on any atom is -0.508 e. The number of nitrogens with zero attached hydrogens (tertiary/aromatic N) is 2. The number of likely N-dealkylation sites (tertiary alicyclic amines) is 1. The van der Waals surface area contributed by atoms with Gasteiger partial charge < -0.3 is 20.9 Å². The van der Waals surface area contributed by atoms with Crippen LogP contribution in [0.5, 0.6) is 5.75 Å². The molecule has 0 atom stereocenters. The number of benzene rings is 1. The third kappa shape index (κ3) is 2.94. The summed E-state index contributed by atoms with van der Waals surface area (Å²) in [4.78, 5) is 14.3. The molecule has 2 rings (SSSR count). The Morgan fingerprint density at radius 3 is 2.52 bits per heavy atom. The molecule has 6 nitrogen and oxygen atoms in total. The van der Waals surface area contributed by atoms with Gasteiger partial charge in [-0.3, -0.25) is 4.79 Å². The quantitative estimate of drug-likeness (QED) is 0.334. The van der Waals surface area contributed by atoms with Gasteiger partial charge in [0.25, 0.3) is 5.91 Å². The Hall–Kier alpha value is -2.24. The van der Waals surface area contributed by atoms with Crippen LogP contribution in [0.4, 0.5) is 0 Å². The topological polar surface area (TPSA) is 99.2 Å². The van der Waals surface area contributed by atoms with E-state index in [2.05, 4.69) is 5.16 Å². The van der Waals surface area contributed by atoms with Gasteiger partial charge in [-0.25, -0.2) is 0 Å². The van der Waals surface area contributed by atoms with E-state index in [1.54, 1.807) is 24.0 Å². The number of oxime groups is 1. The normalized spacial score (nSPS) is 18.6. The minimum atomic E-state index is -0.366. The van der Waals surface area contributed by atoms with Gasteiger partial charge in [-0.2, -0.15) is 0 Å². The van der Waals surface area contributed by atoms with Gasteiger partial charge in [0.1, 0.15) is 11.6 Å². The van der Waals surface area contributed by atoms with Crippen LogP contribution in [0.3, 0.4) is 0 Å². The molecule has 1 aliphatic rings. The van der Waals surface area contributed by atoms with Crippen molar-refractivity contribution in [2.75, 3.05) is 13.1 Å². The van der Waals surface area contributed by atoms with E-state index in [9.17, 15) is 9.90 Å². The molecular formula is C15H21N3O3. The molecule has 1 aliphatic heterocycles. The van der Waals surface area contributed by atoms with Crippen molar-refractivity contribution in [3.05, 3.63) is 29.3 Å². The van der Waals surface area contributed by atoms with E-state index >= 15 is 0 Å². The predicted molar refractivity (Wildman–Crippen MR) is 79.5 cm³/mol. The van der Waals surface area contributed by atoms with Gasteiger partial charge in [-0.15, -0.1) is 0 Å². The highest BCUT2D eigenvalue weighted by Crippen LogP contribution is 2.32. The molecule has 1 saturated heterocycles. The average Bonchev–Trinajstić information content (AvgIpc) is 2.46. The monoisotopic (exact) mass is 291 g/mol.